The Bertz CT molecular complexity index is 1020. The van der Waals surface area contributed by atoms with E-state index in [9.17, 15) is 4.79 Å². The van der Waals surface area contributed by atoms with Gasteiger partial charge in [0.2, 0.25) is 6.79 Å². The molecule has 4 rings (SSSR count). The molecule has 0 radical (unpaired) electrons. The Balaban J connectivity index is 1.64. The van der Waals surface area contributed by atoms with Crippen molar-refractivity contribution in [3.05, 3.63) is 58.7 Å². The van der Waals surface area contributed by atoms with Crippen LogP contribution in [0.25, 0.3) is 0 Å². The summed E-state index contributed by atoms with van der Waals surface area (Å²) >= 11 is 0. The highest BCUT2D eigenvalue weighted by Crippen LogP contribution is 2.33. The summed E-state index contributed by atoms with van der Waals surface area (Å²) in [7, 11) is 3.72. The highest BCUT2D eigenvalue weighted by molar-refractivity contribution is 5.92. The Hall–Kier alpha value is -3.29. The fraction of sp³-hybridized carbons (Fsp3) is 0.350. The molecule has 146 valence electrons. The fourth-order valence-electron chi connectivity index (χ4n) is 3.29. The van der Waals surface area contributed by atoms with Crippen LogP contribution >= 0.6 is 0 Å². The number of hydrogen-bond acceptors (Lipinski definition) is 5. The van der Waals surface area contributed by atoms with Gasteiger partial charge in [0.15, 0.2) is 17.2 Å². The van der Waals surface area contributed by atoms with Gasteiger partial charge in [-0.2, -0.15) is 10.2 Å². The van der Waals surface area contributed by atoms with E-state index in [1.165, 1.54) is 0 Å². The average molecular weight is 381 g/mol. The van der Waals surface area contributed by atoms with E-state index in [4.69, 9.17) is 9.47 Å². The minimum Gasteiger partial charge on any atom is -0.454 e. The Labute approximate surface area is 163 Å². The second-order valence-electron chi connectivity index (χ2n) is 7.04. The zero-order valence-corrected chi connectivity index (χ0v) is 16.5. The number of amides is 1. The van der Waals surface area contributed by atoms with Gasteiger partial charge in [0.05, 0.1) is 17.9 Å². The first-order valence-electron chi connectivity index (χ1n) is 9.08. The average Bonchev–Trinajstić information content (AvgIpc) is 3.33. The molecule has 28 heavy (non-hydrogen) atoms. The molecule has 1 aliphatic heterocycles. The molecule has 8 heteroatoms. The minimum atomic E-state index is -0.125. The molecule has 0 fully saturated rings. The molecule has 0 unspecified atom stereocenters. The van der Waals surface area contributed by atoms with Crippen molar-refractivity contribution in [2.45, 2.75) is 26.9 Å². The molecule has 0 N–H and O–H groups in total. The van der Waals surface area contributed by atoms with Crippen LogP contribution in [0.4, 0.5) is 0 Å². The van der Waals surface area contributed by atoms with Crippen LogP contribution in [0.1, 0.15) is 33.1 Å². The summed E-state index contributed by atoms with van der Waals surface area (Å²) in [5, 5.41) is 8.75. The summed E-state index contributed by atoms with van der Waals surface area (Å²) in [6, 6.07) is 9.54. The fourth-order valence-corrected chi connectivity index (χ4v) is 3.29. The van der Waals surface area contributed by atoms with Crippen molar-refractivity contribution < 1.29 is 14.3 Å². The first-order valence-corrected chi connectivity index (χ1v) is 9.08. The molecule has 0 aliphatic carbocycles. The number of aromatic nitrogens is 4. The molecule has 0 saturated heterocycles. The van der Waals surface area contributed by atoms with Crippen LogP contribution in [0.2, 0.25) is 0 Å². The molecule has 1 aromatic carbocycles. The van der Waals surface area contributed by atoms with E-state index in [-0.39, 0.29) is 12.7 Å². The Morgan fingerprint density at radius 2 is 1.82 bits per heavy atom. The largest absolute Gasteiger partial charge is 0.454 e. The normalized spacial score (nSPS) is 12.4. The monoisotopic (exact) mass is 381 g/mol. The van der Waals surface area contributed by atoms with Gasteiger partial charge in [0.1, 0.15) is 0 Å². The van der Waals surface area contributed by atoms with Crippen LogP contribution in [0.5, 0.6) is 11.5 Å². The maximum atomic E-state index is 13.2. The molecule has 3 heterocycles. The van der Waals surface area contributed by atoms with Crippen LogP contribution in [0, 0.1) is 13.8 Å². The summed E-state index contributed by atoms with van der Waals surface area (Å²) in [5.74, 6) is 1.31. The second kappa shape index (κ2) is 7.03. The summed E-state index contributed by atoms with van der Waals surface area (Å²) in [5.41, 5.74) is 4.20. The van der Waals surface area contributed by atoms with Crippen molar-refractivity contribution in [3.8, 4) is 11.5 Å². The smallest absolute Gasteiger partial charge is 0.275 e. The molecular weight excluding hydrogens is 358 g/mol. The van der Waals surface area contributed by atoms with Crippen LogP contribution in [0.3, 0.4) is 0 Å². The van der Waals surface area contributed by atoms with Gasteiger partial charge in [-0.15, -0.1) is 0 Å². The zero-order chi connectivity index (χ0) is 19.8. The summed E-state index contributed by atoms with van der Waals surface area (Å²) in [6.45, 7) is 4.95. The molecule has 2 aromatic heterocycles. The highest BCUT2D eigenvalue weighted by Gasteiger charge is 2.22. The van der Waals surface area contributed by atoms with Crippen LogP contribution in [-0.2, 0) is 27.2 Å². The van der Waals surface area contributed by atoms with Crippen LogP contribution in [0.15, 0.2) is 30.3 Å². The Kier molecular flexibility index (Phi) is 4.54. The summed E-state index contributed by atoms with van der Waals surface area (Å²) in [6.07, 6.45) is 0. The number of nitrogens with zero attached hydrogens (tertiary/aromatic N) is 5. The van der Waals surface area contributed by atoms with Gasteiger partial charge in [-0.3, -0.25) is 14.2 Å². The Morgan fingerprint density at radius 1 is 1.04 bits per heavy atom. The molecule has 8 nitrogen and oxygen atoms in total. The molecule has 1 amide bonds. The van der Waals surface area contributed by atoms with Crippen molar-refractivity contribution in [3.63, 3.8) is 0 Å². The molecule has 1 aliphatic rings. The topological polar surface area (TPSA) is 74.4 Å². The molecule has 0 spiro atoms. The van der Waals surface area contributed by atoms with E-state index in [1.54, 1.807) is 14.3 Å². The van der Waals surface area contributed by atoms with Crippen molar-refractivity contribution in [2.75, 3.05) is 6.79 Å². The number of carbonyl (C=O) groups is 1. The quantitative estimate of drug-likeness (QED) is 0.678. The number of benzene rings is 1. The predicted octanol–water partition coefficient (Wildman–Crippen LogP) is 2.34. The second-order valence-corrected chi connectivity index (χ2v) is 7.04. The van der Waals surface area contributed by atoms with E-state index in [1.807, 2.05) is 58.3 Å². The highest BCUT2D eigenvalue weighted by atomic mass is 16.7. The third-order valence-electron chi connectivity index (χ3n) is 4.88. The van der Waals surface area contributed by atoms with Crippen molar-refractivity contribution in [1.82, 2.24) is 24.5 Å². The molecule has 0 bridgehead atoms. The molecule has 0 atom stereocenters. The summed E-state index contributed by atoms with van der Waals surface area (Å²) in [4.78, 5) is 15.0. The number of hydrogen-bond donors (Lipinski definition) is 0. The Morgan fingerprint density at radius 3 is 2.50 bits per heavy atom. The molecule has 0 saturated carbocycles. The minimum absolute atomic E-state index is 0.125. The predicted molar refractivity (Wildman–Crippen MR) is 102 cm³/mol. The number of fused-ring (bicyclic) bond motifs is 1. The summed E-state index contributed by atoms with van der Waals surface area (Å²) < 4.78 is 14.4. The van der Waals surface area contributed by atoms with Crippen molar-refractivity contribution >= 4 is 5.91 Å². The maximum Gasteiger partial charge on any atom is 0.275 e. The molecular formula is C20H23N5O3. The van der Waals surface area contributed by atoms with E-state index < -0.39 is 0 Å². The van der Waals surface area contributed by atoms with Crippen molar-refractivity contribution in [1.29, 1.82) is 0 Å². The number of carbonyl (C=O) groups excluding carboxylic acids is 1. The third-order valence-corrected chi connectivity index (χ3v) is 4.88. The SMILES string of the molecule is Cc1cc(CN(Cc2ccc3c(c2)OCO3)C(=O)c2cc(C)n(C)n2)n(C)n1. The van der Waals surface area contributed by atoms with E-state index in [0.717, 1.165) is 28.4 Å². The van der Waals surface area contributed by atoms with Gasteiger partial charge in [0, 0.05) is 26.3 Å². The van der Waals surface area contributed by atoms with Crippen LogP contribution in [-0.4, -0.2) is 37.2 Å². The van der Waals surface area contributed by atoms with E-state index in [0.29, 0.717) is 24.5 Å². The maximum absolute atomic E-state index is 13.2. The van der Waals surface area contributed by atoms with E-state index in [2.05, 4.69) is 10.2 Å². The lowest BCUT2D eigenvalue weighted by Gasteiger charge is -2.22. The van der Waals surface area contributed by atoms with E-state index >= 15 is 0 Å². The lowest BCUT2D eigenvalue weighted by atomic mass is 10.1. The van der Waals surface area contributed by atoms with Gasteiger partial charge in [-0.05, 0) is 43.7 Å². The number of ether oxygens (including phenoxy) is 2. The van der Waals surface area contributed by atoms with Gasteiger partial charge in [0.25, 0.3) is 5.91 Å². The van der Waals surface area contributed by atoms with Crippen LogP contribution < -0.4 is 9.47 Å². The molecule has 3 aromatic rings. The van der Waals surface area contributed by atoms with Gasteiger partial charge in [-0.25, -0.2) is 0 Å². The third kappa shape index (κ3) is 3.45. The number of rotatable bonds is 5. The zero-order valence-electron chi connectivity index (χ0n) is 16.5. The van der Waals surface area contributed by atoms with Gasteiger partial charge in [-0.1, -0.05) is 6.07 Å². The lowest BCUT2D eigenvalue weighted by molar-refractivity contribution is 0.0719. The first kappa shape index (κ1) is 18.1. The lowest BCUT2D eigenvalue weighted by Crippen LogP contribution is -2.31. The van der Waals surface area contributed by atoms with Gasteiger partial charge >= 0.3 is 0 Å². The number of aryl methyl sites for hydroxylation is 4. The first-order chi connectivity index (χ1) is 13.4. The van der Waals surface area contributed by atoms with Crippen molar-refractivity contribution in [2.24, 2.45) is 14.1 Å². The standard InChI is InChI=1S/C20H23N5O3/c1-13-7-16(24(4)21-13)11-25(20(26)17-8-14(2)23(3)22-17)10-15-5-6-18-19(9-15)28-12-27-18/h5-9H,10-12H2,1-4H3. The van der Waals surface area contributed by atoms with Gasteiger partial charge < -0.3 is 14.4 Å².